The summed E-state index contributed by atoms with van der Waals surface area (Å²) in [5.74, 6) is 0.901. The Kier molecular flexibility index (Phi) is 5.34. The first-order chi connectivity index (χ1) is 6.72. The van der Waals surface area contributed by atoms with Crippen molar-refractivity contribution in [3.63, 3.8) is 0 Å². The average molecular weight is 212 g/mol. The molecule has 0 aromatic rings. The van der Waals surface area contributed by atoms with Gasteiger partial charge in [0.1, 0.15) is 5.44 Å². The smallest absolute Gasteiger partial charge is 0.115 e. The van der Waals surface area contributed by atoms with Crippen LogP contribution in [0.3, 0.4) is 0 Å². The average Bonchev–Trinajstić information content (AvgIpc) is 2.18. The molecule has 1 aliphatic carbocycles. The lowest BCUT2D eigenvalue weighted by Gasteiger charge is -2.19. The molecule has 2 atom stereocenters. The van der Waals surface area contributed by atoms with Gasteiger partial charge in [0.25, 0.3) is 0 Å². The topological polar surface area (TPSA) is 20.2 Å². The summed E-state index contributed by atoms with van der Waals surface area (Å²) < 4.78 is 0. The predicted molar refractivity (Wildman–Crippen MR) is 64.5 cm³/mol. The molecular formula is C12H20OS. The Morgan fingerprint density at radius 1 is 1.71 bits per heavy atom. The Bertz CT molecular complexity index is 218. The molecular weight excluding hydrogens is 192 g/mol. The highest BCUT2D eigenvalue weighted by molar-refractivity contribution is 7.80. The molecule has 1 rings (SSSR count). The molecule has 1 nitrogen and oxygen atoms in total. The van der Waals surface area contributed by atoms with E-state index in [1.54, 1.807) is 6.08 Å². The molecule has 0 aromatic carbocycles. The summed E-state index contributed by atoms with van der Waals surface area (Å²) in [5, 5.41) is 8.92. The Morgan fingerprint density at radius 2 is 2.50 bits per heavy atom. The summed E-state index contributed by atoms with van der Waals surface area (Å²) in [7, 11) is 0. The minimum absolute atomic E-state index is 0.609. The monoisotopic (exact) mass is 212 g/mol. The van der Waals surface area contributed by atoms with Crippen LogP contribution in [0.4, 0.5) is 0 Å². The molecule has 0 aliphatic heterocycles. The van der Waals surface area contributed by atoms with Gasteiger partial charge in [-0.3, -0.25) is 0 Å². The Hall–Kier alpha value is -0.210. The van der Waals surface area contributed by atoms with E-state index in [1.165, 1.54) is 31.3 Å². The fraction of sp³-hybridized carbons (Fsp3) is 0.667. The van der Waals surface area contributed by atoms with Gasteiger partial charge in [0.05, 0.1) is 0 Å². The first-order valence-electron chi connectivity index (χ1n) is 5.43. The number of aliphatic hydroxyl groups excluding tert-OH is 1. The van der Waals surface area contributed by atoms with Crippen molar-refractivity contribution < 1.29 is 5.11 Å². The van der Waals surface area contributed by atoms with Gasteiger partial charge < -0.3 is 5.11 Å². The third-order valence-corrected chi connectivity index (χ3v) is 3.05. The third kappa shape index (κ3) is 4.34. The van der Waals surface area contributed by atoms with Crippen molar-refractivity contribution in [2.75, 3.05) is 0 Å². The lowest BCUT2D eigenvalue weighted by Crippen LogP contribution is -2.04. The quantitative estimate of drug-likeness (QED) is 0.416. The highest BCUT2D eigenvalue weighted by Gasteiger charge is 2.11. The highest BCUT2D eigenvalue weighted by Crippen LogP contribution is 2.27. The Labute approximate surface area is 92.3 Å². The van der Waals surface area contributed by atoms with Crippen molar-refractivity contribution in [1.82, 2.24) is 0 Å². The summed E-state index contributed by atoms with van der Waals surface area (Å²) >= 11 is 3.87. The summed E-state index contributed by atoms with van der Waals surface area (Å²) in [6.07, 6.45) is 12.2. The molecule has 80 valence electrons. The summed E-state index contributed by atoms with van der Waals surface area (Å²) in [6.45, 7) is 2.26. The zero-order valence-electron chi connectivity index (χ0n) is 8.82. The van der Waals surface area contributed by atoms with E-state index in [1.807, 2.05) is 6.08 Å². The second-order valence-electron chi connectivity index (χ2n) is 3.96. The molecule has 0 fully saturated rings. The van der Waals surface area contributed by atoms with Crippen molar-refractivity contribution in [1.29, 1.82) is 0 Å². The fourth-order valence-electron chi connectivity index (χ4n) is 1.84. The lowest BCUT2D eigenvalue weighted by atomic mass is 9.87. The van der Waals surface area contributed by atoms with Crippen LogP contribution in [0.1, 0.15) is 39.0 Å². The van der Waals surface area contributed by atoms with E-state index in [2.05, 4.69) is 25.6 Å². The van der Waals surface area contributed by atoms with E-state index in [9.17, 15) is 0 Å². The van der Waals surface area contributed by atoms with E-state index < -0.39 is 5.44 Å². The normalized spacial score (nSPS) is 25.1. The van der Waals surface area contributed by atoms with Crippen LogP contribution in [0.5, 0.6) is 0 Å². The number of allylic oxidation sites excluding steroid dienone is 3. The molecule has 0 saturated carbocycles. The van der Waals surface area contributed by atoms with E-state index in [-0.39, 0.29) is 0 Å². The lowest BCUT2D eigenvalue weighted by molar-refractivity contribution is 0.311. The SMILES string of the molecule is CCC1CC=C(C/C=C/C(O)S)CC1. The zero-order valence-corrected chi connectivity index (χ0v) is 9.71. The van der Waals surface area contributed by atoms with Crippen LogP contribution < -0.4 is 0 Å². The first-order valence-corrected chi connectivity index (χ1v) is 5.94. The standard InChI is InChI=1S/C12H20OS/c1-2-10-6-8-11(9-7-10)4-3-5-12(13)14/h3,5,8,10,12-14H,2,4,6-7,9H2,1H3/b5-3+. The van der Waals surface area contributed by atoms with Gasteiger partial charge in [-0.2, -0.15) is 0 Å². The number of hydrogen-bond donors (Lipinski definition) is 2. The number of hydrogen-bond acceptors (Lipinski definition) is 2. The summed E-state index contributed by atoms with van der Waals surface area (Å²) in [5.41, 5.74) is 0.905. The van der Waals surface area contributed by atoms with Gasteiger partial charge in [0.2, 0.25) is 0 Å². The van der Waals surface area contributed by atoms with Crippen LogP contribution >= 0.6 is 12.6 Å². The molecule has 2 heteroatoms. The van der Waals surface area contributed by atoms with Crippen LogP contribution in [-0.4, -0.2) is 10.5 Å². The van der Waals surface area contributed by atoms with Gasteiger partial charge in [-0.05, 0) is 37.7 Å². The number of aliphatic hydroxyl groups is 1. The van der Waals surface area contributed by atoms with Gasteiger partial charge >= 0.3 is 0 Å². The Morgan fingerprint density at radius 3 is 3.00 bits per heavy atom. The first kappa shape index (κ1) is 11.9. The van der Waals surface area contributed by atoms with Crippen molar-refractivity contribution in [3.8, 4) is 0 Å². The van der Waals surface area contributed by atoms with Crippen LogP contribution in [0, 0.1) is 5.92 Å². The second kappa shape index (κ2) is 6.31. The minimum Gasteiger partial charge on any atom is -0.379 e. The molecule has 0 bridgehead atoms. The molecule has 1 N–H and O–H groups in total. The van der Waals surface area contributed by atoms with Gasteiger partial charge in [0, 0.05) is 0 Å². The summed E-state index contributed by atoms with van der Waals surface area (Å²) in [4.78, 5) is 0. The number of rotatable bonds is 4. The minimum atomic E-state index is -0.609. The van der Waals surface area contributed by atoms with Crippen LogP contribution in [-0.2, 0) is 0 Å². The van der Waals surface area contributed by atoms with E-state index in [0.717, 1.165) is 12.3 Å². The second-order valence-corrected chi connectivity index (χ2v) is 4.49. The van der Waals surface area contributed by atoms with E-state index in [4.69, 9.17) is 5.11 Å². The number of thiol groups is 1. The molecule has 2 unspecified atom stereocenters. The maximum Gasteiger partial charge on any atom is 0.115 e. The predicted octanol–water partition coefficient (Wildman–Crippen LogP) is 3.32. The maximum absolute atomic E-state index is 8.92. The molecule has 0 amide bonds. The van der Waals surface area contributed by atoms with Crippen molar-refractivity contribution in [2.45, 2.75) is 44.5 Å². The molecule has 0 spiro atoms. The zero-order chi connectivity index (χ0) is 10.4. The largest absolute Gasteiger partial charge is 0.379 e. The molecule has 1 aliphatic rings. The van der Waals surface area contributed by atoms with Gasteiger partial charge in [-0.25, -0.2) is 0 Å². The Balaban J connectivity index is 2.30. The molecule has 0 heterocycles. The molecule has 0 radical (unpaired) electrons. The van der Waals surface area contributed by atoms with Crippen molar-refractivity contribution >= 4 is 12.6 Å². The maximum atomic E-state index is 8.92. The summed E-state index contributed by atoms with van der Waals surface area (Å²) in [6, 6.07) is 0. The van der Waals surface area contributed by atoms with Crippen LogP contribution in [0.2, 0.25) is 0 Å². The molecule has 0 saturated heterocycles. The molecule has 0 aromatic heterocycles. The van der Waals surface area contributed by atoms with Gasteiger partial charge in [0.15, 0.2) is 0 Å². The fourth-order valence-corrected chi connectivity index (χ4v) is 1.96. The van der Waals surface area contributed by atoms with Crippen LogP contribution in [0.15, 0.2) is 23.8 Å². The third-order valence-electron chi connectivity index (χ3n) is 2.88. The van der Waals surface area contributed by atoms with E-state index >= 15 is 0 Å². The van der Waals surface area contributed by atoms with E-state index in [0.29, 0.717) is 0 Å². The van der Waals surface area contributed by atoms with Crippen molar-refractivity contribution in [3.05, 3.63) is 23.8 Å². The van der Waals surface area contributed by atoms with Crippen molar-refractivity contribution in [2.24, 2.45) is 5.92 Å². The highest BCUT2D eigenvalue weighted by atomic mass is 32.1. The molecule has 14 heavy (non-hydrogen) atoms. The van der Waals surface area contributed by atoms with Gasteiger partial charge in [-0.15, -0.1) is 12.6 Å². The van der Waals surface area contributed by atoms with Crippen LogP contribution in [0.25, 0.3) is 0 Å². The van der Waals surface area contributed by atoms with Gasteiger partial charge in [-0.1, -0.05) is 31.1 Å².